The summed E-state index contributed by atoms with van der Waals surface area (Å²) in [4.78, 5) is 30.6. The van der Waals surface area contributed by atoms with Gasteiger partial charge in [0.25, 0.3) is 5.91 Å². The zero-order chi connectivity index (χ0) is 22.4. The smallest absolute Gasteiger partial charge is 0.325 e. The molecule has 1 aliphatic rings. The van der Waals surface area contributed by atoms with Gasteiger partial charge in [-0.25, -0.2) is 0 Å². The number of amides is 1. The van der Waals surface area contributed by atoms with Gasteiger partial charge in [0, 0.05) is 32.6 Å². The first-order chi connectivity index (χ1) is 15.5. The van der Waals surface area contributed by atoms with E-state index in [4.69, 9.17) is 27.9 Å². The average Bonchev–Trinajstić information content (AvgIpc) is 3.29. The second kappa shape index (κ2) is 8.01. The van der Waals surface area contributed by atoms with E-state index in [0.717, 1.165) is 33.3 Å². The van der Waals surface area contributed by atoms with Crippen LogP contribution in [0.1, 0.15) is 27.5 Å². The molecule has 2 heterocycles. The summed E-state index contributed by atoms with van der Waals surface area (Å²) in [6.45, 7) is -0.165. The first kappa shape index (κ1) is 20.6. The van der Waals surface area contributed by atoms with Crippen molar-refractivity contribution in [2.24, 2.45) is 0 Å². The van der Waals surface area contributed by atoms with Crippen molar-refractivity contribution >= 4 is 46.0 Å². The van der Waals surface area contributed by atoms with Crippen LogP contribution in [0.5, 0.6) is 0 Å². The Morgan fingerprint density at radius 1 is 1.03 bits per heavy atom. The summed E-state index contributed by atoms with van der Waals surface area (Å²) in [6.07, 6.45) is 0. The van der Waals surface area contributed by atoms with Crippen LogP contribution in [-0.2, 0) is 9.53 Å². The van der Waals surface area contributed by atoms with E-state index in [1.165, 1.54) is 7.11 Å². The Hall–Kier alpha value is -3.28. The van der Waals surface area contributed by atoms with Gasteiger partial charge in [-0.15, -0.1) is 0 Å². The van der Waals surface area contributed by atoms with Gasteiger partial charge in [-0.3, -0.25) is 9.59 Å². The lowest BCUT2D eigenvalue weighted by molar-refractivity contribution is -0.141. The molecule has 7 heteroatoms. The van der Waals surface area contributed by atoms with Crippen molar-refractivity contribution in [3.63, 3.8) is 0 Å². The minimum Gasteiger partial charge on any atom is -0.468 e. The normalized spacial score (nSPS) is 15.3. The van der Waals surface area contributed by atoms with Crippen molar-refractivity contribution in [2.45, 2.75) is 6.04 Å². The number of ether oxygens (including phenoxy) is 1. The number of para-hydroxylation sites is 1. The molecule has 0 fully saturated rings. The number of nitrogens with zero attached hydrogens (tertiary/aromatic N) is 1. The van der Waals surface area contributed by atoms with Gasteiger partial charge >= 0.3 is 5.97 Å². The molecule has 3 aromatic carbocycles. The van der Waals surface area contributed by atoms with E-state index in [2.05, 4.69) is 4.98 Å². The van der Waals surface area contributed by atoms with Crippen LogP contribution in [0.25, 0.3) is 22.2 Å². The number of rotatable bonds is 4. The number of nitrogens with one attached hydrogen (secondary N) is 1. The number of halogens is 2. The van der Waals surface area contributed by atoms with Crippen molar-refractivity contribution in [3.8, 4) is 11.3 Å². The topological polar surface area (TPSA) is 62.4 Å². The van der Waals surface area contributed by atoms with E-state index in [9.17, 15) is 9.59 Å². The molecule has 0 spiro atoms. The molecular weight excluding hydrogens is 447 g/mol. The maximum atomic E-state index is 13.3. The van der Waals surface area contributed by atoms with Gasteiger partial charge in [0.1, 0.15) is 6.54 Å². The molecule has 0 radical (unpaired) electrons. The SMILES string of the molecule is COC(=O)CN1C(=O)c2ccccc2[C@@H]1c1c(-c2ccc(Cl)cc2Cl)[nH]c2ccccc12. The van der Waals surface area contributed by atoms with Gasteiger partial charge in [-0.2, -0.15) is 0 Å². The molecule has 160 valence electrons. The lowest BCUT2D eigenvalue weighted by Gasteiger charge is -2.25. The van der Waals surface area contributed by atoms with Crippen molar-refractivity contribution in [2.75, 3.05) is 13.7 Å². The third-order valence-electron chi connectivity index (χ3n) is 5.81. The number of carbonyl (C=O) groups is 2. The highest BCUT2D eigenvalue weighted by Crippen LogP contribution is 2.46. The quantitative estimate of drug-likeness (QED) is 0.384. The summed E-state index contributed by atoms with van der Waals surface area (Å²) in [5, 5.41) is 1.96. The van der Waals surface area contributed by atoms with E-state index in [-0.39, 0.29) is 12.5 Å². The molecule has 4 aromatic rings. The molecule has 1 amide bonds. The van der Waals surface area contributed by atoms with Crippen LogP contribution < -0.4 is 0 Å². The number of aromatic nitrogens is 1. The van der Waals surface area contributed by atoms with Gasteiger partial charge in [0.15, 0.2) is 0 Å². The Bertz CT molecular complexity index is 1380. The van der Waals surface area contributed by atoms with Crippen molar-refractivity contribution in [1.82, 2.24) is 9.88 Å². The highest BCUT2D eigenvalue weighted by molar-refractivity contribution is 6.36. The number of hydrogen-bond acceptors (Lipinski definition) is 3. The lowest BCUT2D eigenvalue weighted by atomic mass is 9.93. The van der Waals surface area contributed by atoms with Gasteiger partial charge in [-0.05, 0) is 35.9 Å². The Balaban J connectivity index is 1.80. The number of fused-ring (bicyclic) bond motifs is 2. The van der Waals surface area contributed by atoms with Crippen LogP contribution in [-0.4, -0.2) is 35.4 Å². The molecule has 0 saturated heterocycles. The van der Waals surface area contributed by atoms with Crippen LogP contribution in [0.4, 0.5) is 0 Å². The standard InChI is InChI=1S/C25H18Cl2N2O3/c1-32-21(30)13-29-24(15-6-2-3-7-16(15)25(29)31)22-18-8-4-5-9-20(18)28-23(22)17-11-10-14(26)12-19(17)27/h2-12,24,28H,13H2,1H3/t24-/m1/s1. The van der Waals surface area contributed by atoms with Gasteiger partial charge in [0.2, 0.25) is 0 Å². The third-order valence-corrected chi connectivity index (χ3v) is 6.35. The number of carbonyl (C=O) groups excluding carboxylic acids is 2. The summed E-state index contributed by atoms with van der Waals surface area (Å²) in [5.41, 5.74) is 4.71. The molecule has 1 aliphatic heterocycles. The van der Waals surface area contributed by atoms with E-state index >= 15 is 0 Å². The Morgan fingerprint density at radius 2 is 1.78 bits per heavy atom. The fourth-order valence-electron chi connectivity index (χ4n) is 4.40. The zero-order valence-corrected chi connectivity index (χ0v) is 18.6. The number of benzene rings is 3. The van der Waals surface area contributed by atoms with Crippen LogP contribution in [0.3, 0.4) is 0 Å². The minimum absolute atomic E-state index is 0.165. The predicted octanol–water partition coefficient (Wildman–Crippen LogP) is 5.86. The van der Waals surface area contributed by atoms with E-state index in [0.29, 0.717) is 15.6 Å². The first-order valence-electron chi connectivity index (χ1n) is 10.0. The van der Waals surface area contributed by atoms with Crippen molar-refractivity contribution < 1.29 is 14.3 Å². The summed E-state index contributed by atoms with van der Waals surface area (Å²) in [5.74, 6) is -0.698. The molecule has 1 atom stereocenters. The minimum atomic E-state index is -0.490. The summed E-state index contributed by atoms with van der Waals surface area (Å²) in [7, 11) is 1.32. The lowest BCUT2D eigenvalue weighted by Crippen LogP contribution is -2.34. The Kier molecular flexibility index (Phi) is 5.16. The van der Waals surface area contributed by atoms with Crippen molar-refractivity contribution in [1.29, 1.82) is 0 Å². The van der Waals surface area contributed by atoms with Gasteiger partial charge < -0.3 is 14.6 Å². The molecule has 1 N–H and O–H groups in total. The maximum Gasteiger partial charge on any atom is 0.325 e. The van der Waals surface area contributed by atoms with Gasteiger partial charge in [0.05, 0.1) is 23.9 Å². The number of esters is 1. The van der Waals surface area contributed by atoms with Crippen LogP contribution in [0, 0.1) is 0 Å². The number of methoxy groups -OCH3 is 1. The second-order valence-electron chi connectivity index (χ2n) is 7.58. The highest BCUT2D eigenvalue weighted by Gasteiger charge is 2.41. The molecule has 5 nitrogen and oxygen atoms in total. The maximum absolute atomic E-state index is 13.3. The molecule has 32 heavy (non-hydrogen) atoms. The molecule has 0 unspecified atom stereocenters. The number of hydrogen-bond donors (Lipinski definition) is 1. The van der Waals surface area contributed by atoms with Crippen LogP contribution in [0.15, 0.2) is 66.7 Å². The average molecular weight is 465 g/mol. The largest absolute Gasteiger partial charge is 0.468 e. The Morgan fingerprint density at radius 3 is 2.56 bits per heavy atom. The third kappa shape index (κ3) is 3.25. The Labute approximate surface area is 194 Å². The van der Waals surface area contributed by atoms with Gasteiger partial charge in [-0.1, -0.05) is 59.6 Å². The first-order valence-corrected chi connectivity index (χ1v) is 10.8. The molecule has 0 bridgehead atoms. The van der Waals surface area contributed by atoms with Crippen LogP contribution in [0.2, 0.25) is 10.0 Å². The summed E-state index contributed by atoms with van der Waals surface area (Å²) in [6, 6.07) is 20.1. The van der Waals surface area contributed by atoms with Crippen LogP contribution >= 0.6 is 23.2 Å². The number of H-pyrrole nitrogens is 1. The molecule has 1 aromatic heterocycles. The van der Waals surface area contributed by atoms with Crippen molar-refractivity contribution in [3.05, 3.63) is 93.5 Å². The summed E-state index contributed by atoms with van der Waals surface area (Å²) >= 11 is 12.7. The van der Waals surface area contributed by atoms with E-state index in [1.54, 1.807) is 23.1 Å². The number of aromatic amines is 1. The predicted molar refractivity (Wildman–Crippen MR) is 125 cm³/mol. The summed E-state index contributed by atoms with van der Waals surface area (Å²) < 4.78 is 4.88. The molecule has 0 aliphatic carbocycles. The highest BCUT2D eigenvalue weighted by atomic mass is 35.5. The van der Waals surface area contributed by atoms with E-state index in [1.807, 2.05) is 48.5 Å². The zero-order valence-electron chi connectivity index (χ0n) is 17.1. The fraction of sp³-hybridized carbons (Fsp3) is 0.120. The fourth-order valence-corrected chi connectivity index (χ4v) is 4.90. The molecule has 5 rings (SSSR count). The molecular formula is C25H18Cl2N2O3. The molecule has 0 saturated carbocycles. The second-order valence-corrected chi connectivity index (χ2v) is 8.43. The van der Waals surface area contributed by atoms with E-state index < -0.39 is 12.0 Å². The monoisotopic (exact) mass is 464 g/mol.